The smallest absolute Gasteiger partial charge is 0.273 e. The van der Waals surface area contributed by atoms with E-state index in [0.717, 1.165) is 47.6 Å². The van der Waals surface area contributed by atoms with Crippen LogP contribution in [0.2, 0.25) is 0 Å². The van der Waals surface area contributed by atoms with E-state index in [4.69, 9.17) is 0 Å². The van der Waals surface area contributed by atoms with E-state index >= 15 is 0 Å². The second kappa shape index (κ2) is 9.67. The van der Waals surface area contributed by atoms with Crippen molar-refractivity contribution in [3.63, 3.8) is 0 Å². The van der Waals surface area contributed by atoms with Crippen LogP contribution in [-0.2, 0) is 17.8 Å². The standard InChI is InChI=1S/C24H25N3O2S/c28-22(15-18-7-3-1-4-8-18)25-16-19-9-11-20(12-10-19)23-26-21(17-30-23)24(29)27-13-5-2-6-14-27/h1,3-4,7-12,17H,2,5-6,13-16H2,(H,25,28). The summed E-state index contributed by atoms with van der Waals surface area (Å²) in [7, 11) is 0. The van der Waals surface area contributed by atoms with Gasteiger partial charge in [-0.15, -0.1) is 11.3 Å². The Morgan fingerprint density at radius 3 is 2.40 bits per heavy atom. The van der Waals surface area contributed by atoms with E-state index in [1.165, 1.54) is 17.8 Å². The number of amides is 2. The van der Waals surface area contributed by atoms with Crippen molar-refractivity contribution in [1.29, 1.82) is 0 Å². The molecule has 154 valence electrons. The predicted molar refractivity (Wildman–Crippen MR) is 119 cm³/mol. The Balaban J connectivity index is 1.33. The molecule has 3 aromatic rings. The second-order valence-electron chi connectivity index (χ2n) is 7.53. The van der Waals surface area contributed by atoms with E-state index in [1.807, 2.05) is 64.9 Å². The third-order valence-electron chi connectivity index (χ3n) is 5.26. The van der Waals surface area contributed by atoms with Gasteiger partial charge in [0.15, 0.2) is 0 Å². The van der Waals surface area contributed by atoms with Crippen LogP contribution in [0.3, 0.4) is 0 Å². The first kappa shape index (κ1) is 20.3. The van der Waals surface area contributed by atoms with Crippen LogP contribution >= 0.6 is 11.3 Å². The Morgan fingerprint density at radius 2 is 1.67 bits per heavy atom. The lowest BCUT2D eigenvalue weighted by atomic mass is 10.1. The normalized spacial score (nSPS) is 13.8. The largest absolute Gasteiger partial charge is 0.352 e. The number of rotatable bonds is 6. The van der Waals surface area contributed by atoms with Crippen molar-refractivity contribution in [2.75, 3.05) is 13.1 Å². The summed E-state index contributed by atoms with van der Waals surface area (Å²) in [5, 5.41) is 5.65. The Bertz CT molecular complexity index is 993. The Morgan fingerprint density at radius 1 is 0.933 bits per heavy atom. The summed E-state index contributed by atoms with van der Waals surface area (Å²) >= 11 is 1.49. The molecule has 1 saturated heterocycles. The molecular formula is C24H25N3O2S. The fourth-order valence-corrected chi connectivity index (χ4v) is 4.37. The van der Waals surface area contributed by atoms with Crippen molar-refractivity contribution >= 4 is 23.2 Å². The maximum atomic E-state index is 12.6. The van der Waals surface area contributed by atoms with Crippen LogP contribution in [0.5, 0.6) is 0 Å². The van der Waals surface area contributed by atoms with Gasteiger partial charge in [-0.1, -0.05) is 54.6 Å². The highest BCUT2D eigenvalue weighted by molar-refractivity contribution is 7.13. The zero-order valence-electron chi connectivity index (χ0n) is 16.8. The number of aromatic nitrogens is 1. The summed E-state index contributed by atoms with van der Waals surface area (Å²) in [6.07, 6.45) is 3.73. The van der Waals surface area contributed by atoms with Gasteiger partial charge in [-0.05, 0) is 30.4 Å². The number of piperidine rings is 1. The lowest BCUT2D eigenvalue weighted by molar-refractivity contribution is -0.120. The van der Waals surface area contributed by atoms with Gasteiger partial charge in [0, 0.05) is 30.6 Å². The molecule has 2 aromatic carbocycles. The zero-order valence-corrected chi connectivity index (χ0v) is 17.7. The van der Waals surface area contributed by atoms with Crippen LogP contribution in [0.4, 0.5) is 0 Å². The second-order valence-corrected chi connectivity index (χ2v) is 8.38. The van der Waals surface area contributed by atoms with E-state index < -0.39 is 0 Å². The van der Waals surface area contributed by atoms with E-state index in [-0.39, 0.29) is 11.8 Å². The number of nitrogens with one attached hydrogen (secondary N) is 1. The fourth-order valence-electron chi connectivity index (χ4n) is 3.57. The molecule has 2 amide bonds. The van der Waals surface area contributed by atoms with Crippen molar-refractivity contribution in [3.05, 3.63) is 76.8 Å². The quantitative estimate of drug-likeness (QED) is 0.648. The van der Waals surface area contributed by atoms with Gasteiger partial charge in [0.25, 0.3) is 5.91 Å². The molecule has 0 aliphatic carbocycles. The number of hydrogen-bond donors (Lipinski definition) is 1. The third-order valence-corrected chi connectivity index (χ3v) is 6.16. The zero-order chi connectivity index (χ0) is 20.8. The van der Waals surface area contributed by atoms with Crippen molar-refractivity contribution in [2.24, 2.45) is 0 Å². The summed E-state index contributed by atoms with van der Waals surface area (Å²) in [5.74, 6) is 0.0426. The summed E-state index contributed by atoms with van der Waals surface area (Å²) in [6.45, 7) is 2.15. The van der Waals surface area contributed by atoms with Crippen LogP contribution in [0.1, 0.15) is 40.9 Å². The number of nitrogens with zero attached hydrogens (tertiary/aromatic N) is 2. The van der Waals surface area contributed by atoms with Crippen molar-refractivity contribution in [3.8, 4) is 10.6 Å². The number of carbonyl (C=O) groups excluding carboxylic acids is 2. The van der Waals surface area contributed by atoms with Gasteiger partial charge < -0.3 is 10.2 Å². The SMILES string of the molecule is O=C(Cc1ccccc1)NCc1ccc(-c2nc(C(=O)N3CCCCC3)cs2)cc1. The van der Waals surface area contributed by atoms with Crippen molar-refractivity contribution in [1.82, 2.24) is 15.2 Å². The number of hydrogen-bond acceptors (Lipinski definition) is 4. The maximum Gasteiger partial charge on any atom is 0.273 e. The molecule has 0 atom stereocenters. The van der Waals surface area contributed by atoms with Crippen molar-refractivity contribution < 1.29 is 9.59 Å². The molecule has 2 heterocycles. The molecule has 0 bridgehead atoms. The lowest BCUT2D eigenvalue weighted by Gasteiger charge is -2.25. The van der Waals surface area contributed by atoms with Gasteiger partial charge in [0.05, 0.1) is 6.42 Å². The lowest BCUT2D eigenvalue weighted by Crippen LogP contribution is -2.35. The molecule has 1 N–H and O–H groups in total. The molecule has 1 aromatic heterocycles. The highest BCUT2D eigenvalue weighted by Gasteiger charge is 2.20. The summed E-state index contributed by atoms with van der Waals surface area (Å²) in [4.78, 5) is 31.2. The van der Waals surface area contributed by atoms with Crippen LogP contribution in [0.15, 0.2) is 60.0 Å². The molecule has 1 aliphatic heterocycles. The Labute approximate surface area is 180 Å². The van der Waals surface area contributed by atoms with Crippen LogP contribution in [0.25, 0.3) is 10.6 Å². The fraction of sp³-hybridized carbons (Fsp3) is 0.292. The minimum absolute atomic E-state index is 0.00562. The molecule has 1 fully saturated rings. The Kier molecular flexibility index (Phi) is 6.54. The molecule has 5 nitrogen and oxygen atoms in total. The summed E-state index contributed by atoms with van der Waals surface area (Å²) in [5.41, 5.74) is 3.55. The van der Waals surface area contributed by atoms with Gasteiger partial charge >= 0.3 is 0 Å². The first-order valence-electron chi connectivity index (χ1n) is 10.3. The van der Waals surface area contributed by atoms with Gasteiger partial charge in [0.1, 0.15) is 10.7 Å². The summed E-state index contributed by atoms with van der Waals surface area (Å²) < 4.78 is 0. The number of thiazole rings is 1. The average molecular weight is 420 g/mol. The average Bonchev–Trinajstić information content (AvgIpc) is 3.29. The maximum absolute atomic E-state index is 12.6. The number of carbonyl (C=O) groups is 2. The van der Waals surface area contributed by atoms with Gasteiger partial charge in [-0.3, -0.25) is 9.59 Å². The minimum atomic E-state index is 0.00562. The van der Waals surface area contributed by atoms with Gasteiger partial charge in [-0.25, -0.2) is 4.98 Å². The molecule has 0 unspecified atom stereocenters. The highest BCUT2D eigenvalue weighted by atomic mass is 32.1. The molecule has 6 heteroatoms. The van der Waals surface area contributed by atoms with Crippen LogP contribution in [-0.4, -0.2) is 34.8 Å². The van der Waals surface area contributed by atoms with E-state index in [9.17, 15) is 9.59 Å². The molecule has 1 aliphatic rings. The van der Waals surface area contributed by atoms with Gasteiger partial charge in [-0.2, -0.15) is 0 Å². The molecule has 4 rings (SSSR count). The number of benzene rings is 2. The molecule has 0 saturated carbocycles. The van der Waals surface area contributed by atoms with E-state index in [2.05, 4.69) is 10.3 Å². The predicted octanol–water partition coefficient (Wildman–Crippen LogP) is 4.30. The first-order chi connectivity index (χ1) is 14.7. The monoisotopic (exact) mass is 419 g/mol. The molecular weight excluding hydrogens is 394 g/mol. The van der Waals surface area contributed by atoms with Crippen LogP contribution < -0.4 is 5.32 Å². The first-order valence-corrected chi connectivity index (χ1v) is 11.2. The summed E-state index contributed by atoms with van der Waals surface area (Å²) in [6, 6.07) is 17.7. The molecule has 0 spiro atoms. The molecule has 0 radical (unpaired) electrons. The third kappa shape index (κ3) is 5.13. The van der Waals surface area contributed by atoms with E-state index in [0.29, 0.717) is 18.7 Å². The highest BCUT2D eigenvalue weighted by Crippen LogP contribution is 2.25. The van der Waals surface area contributed by atoms with Crippen LogP contribution in [0, 0.1) is 0 Å². The Hall–Kier alpha value is -2.99. The minimum Gasteiger partial charge on any atom is -0.352 e. The topological polar surface area (TPSA) is 62.3 Å². The number of likely N-dealkylation sites (tertiary alicyclic amines) is 1. The van der Waals surface area contributed by atoms with Gasteiger partial charge in [0.2, 0.25) is 5.91 Å². The molecule has 30 heavy (non-hydrogen) atoms. The van der Waals surface area contributed by atoms with Crippen molar-refractivity contribution in [2.45, 2.75) is 32.2 Å². The van der Waals surface area contributed by atoms with E-state index in [1.54, 1.807) is 0 Å².